The molecule has 33 heavy (non-hydrogen) atoms. The van der Waals surface area contributed by atoms with E-state index < -0.39 is 5.72 Å². The van der Waals surface area contributed by atoms with Crippen LogP contribution in [0, 0.1) is 0 Å². The zero-order valence-corrected chi connectivity index (χ0v) is 19.8. The summed E-state index contributed by atoms with van der Waals surface area (Å²) in [7, 11) is 0. The van der Waals surface area contributed by atoms with E-state index in [0.29, 0.717) is 0 Å². The lowest BCUT2D eigenvalue weighted by Gasteiger charge is -2.51. The number of halogens is 2. The summed E-state index contributed by atoms with van der Waals surface area (Å²) in [4.78, 5) is 2.51. The third-order valence-electron chi connectivity index (χ3n) is 7.02. The van der Waals surface area contributed by atoms with Gasteiger partial charge in [-0.2, -0.15) is 5.10 Å². The summed E-state index contributed by atoms with van der Waals surface area (Å²) in [6.07, 6.45) is 2.62. The van der Waals surface area contributed by atoms with Crippen LogP contribution in [0.1, 0.15) is 42.0 Å². The van der Waals surface area contributed by atoms with Gasteiger partial charge in [0.2, 0.25) is 5.72 Å². The molecule has 0 aliphatic carbocycles. The van der Waals surface area contributed by atoms with Crippen LogP contribution in [0.3, 0.4) is 0 Å². The maximum absolute atomic E-state index is 6.74. The summed E-state index contributed by atoms with van der Waals surface area (Å²) in [5.74, 6) is 0.935. The minimum Gasteiger partial charge on any atom is -0.466 e. The van der Waals surface area contributed by atoms with Gasteiger partial charge in [0.05, 0.1) is 11.8 Å². The van der Waals surface area contributed by atoms with Crippen LogP contribution in [-0.2, 0) is 6.54 Å². The summed E-state index contributed by atoms with van der Waals surface area (Å²) >= 11 is 12.5. The molecule has 168 valence electrons. The molecule has 1 saturated heterocycles. The first-order valence-corrected chi connectivity index (χ1v) is 12.2. The van der Waals surface area contributed by atoms with Gasteiger partial charge in [-0.1, -0.05) is 65.7 Å². The predicted octanol–water partition coefficient (Wildman–Crippen LogP) is 6.53. The Bertz CT molecular complexity index is 1190. The van der Waals surface area contributed by atoms with Crippen LogP contribution in [0.5, 0.6) is 5.75 Å². The molecule has 1 fully saturated rings. The van der Waals surface area contributed by atoms with E-state index in [2.05, 4.69) is 52.4 Å². The molecule has 0 radical (unpaired) electrons. The monoisotopic (exact) mass is 477 g/mol. The van der Waals surface area contributed by atoms with Gasteiger partial charge in [-0.05, 0) is 41.5 Å². The SMILES string of the molecule is Clc1ccc(C2=NN3[C@H](C2)c2cc(Cl)ccc2OC32CCN(Cc3ccccc3)CC2)cc1. The molecule has 0 unspecified atom stereocenters. The van der Waals surface area contributed by atoms with E-state index in [4.69, 9.17) is 33.0 Å². The third kappa shape index (κ3) is 3.90. The van der Waals surface area contributed by atoms with E-state index in [1.54, 1.807) is 0 Å². The molecule has 1 atom stereocenters. The first kappa shape index (κ1) is 21.0. The molecule has 0 bridgehead atoms. The van der Waals surface area contributed by atoms with Crippen molar-refractivity contribution in [1.82, 2.24) is 9.91 Å². The van der Waals surface area contributed by atoms with Crippen molar-refractivity contribution in [2.24, 2.45) is 5.10 Å². The van der Waals surface area contributed by atoms with Gasteiger partial charge >= 0.3 is 0 Å². The predicted molar refractivity (Wildman–Crippen MR) is 133 cm³/mol. The van der Waals surface area contributed by atoms with E-state index in [1.807, 2.05) is 30.3 Å². The number of ether oxygens (including phenoxy) is 1. The van der Waals surface area contributed by atoms with Crippen molar-refractivity contribution in [3.63, 3.8) is 0 Å². The Hall–Kier alpha value is -2.53. The number of hydrogen-bond donors (Lipinski definition) is 0. The van der Waals surface area contributed by atoms with Crippen molar-refractivity contribution in [2.75, 3.05) is 13.1 Å². The molecule has 6 rings (SSSR count). The lowest BCUT2D eigenvalue weighted by Crippen LogP contribution is -2.59. The number of rotatable bonds is 3. The number of likely N-dealkylation sites (tertiary alicyclic amines) is 1. The van der Waals surface area contributed by atoms with Crippen molar-refractivity contribution in [1.29, 1.82) is 0 Å². The fourth-order valence-corrected chi connectivity index (χ4v) is 5.61. The largest absolute Gasteiger partial charge is 0.466 e. The van der Waals surface area contributed by atoms with E-state index >= 15 is 0 Å². The first-order chi connectivity index (χ1) is 16.1. The highest BCUT2D eigenvalue weighted by atomic mass is 35.5. The lowest BCUT2D eigenvalue weighted by atomic mass is 9.90. The van der Waals surface area contributed by atoms with Crippen LogP contribution < -0.4 is 4.74 Å². The van der Waals surface area contributed by atoms with Gasteiger partial charge in [0, 0.05) is 54.5 Å². The van der Waals surface area contributed by atoms with Crippen LogP contribution >= 0.6 is 23.2 Å². The Morgan fingerprint density at radius 1 is 0.909 bits per heavy atom. The molecule has 4 nitrogen and oxygen atoms in total. The van der Waals surface area contributed by atoms with Crippen LogP contribution in [-0.4, -0.2) is 34.4 Å². The number of hydrazone groups is 1. The Labute approximate surface area is 204 Å². The molecule has 0 aromatic heterocycles. The fourth-order valence-electron chi connectivity index (χ4n) is 5.30. The molecule has 6 heteroatoms. The minimum absolute atomic E-state index is 0.124. The van der Waals surface area contributed by atoms with Crippen LogP contribution in [0.4, 0.5) is 0 Å². The molecular formula is C27H25Cl2N3O. The summed E-state index contributed by atoms with van der Waals surface area (Å²) in [6.45, 7) is 2.89. The zero-order valence-electron chi connectivity index (χ0n) is 18.3. The fraction of sp³-hybridized carbons (Fsp3) is 0.296. The van der Waals surface area contributed by atoms with E-state index in [1.165, 1.54) is 5.56 Å². The highest BCUT2D eigenvalue weighted by Crippen LogP contribution is 2.50. The third-order valence-corrected chi connectivity index (χ3v) is 7.51. The second kappa shape index (κ2) is 8.35. The maximum Gasteiger partial charge on any atom is 0.200 e. The van der Waals surface area contributed by atoms with Gasteiger partial charge < -0.3 is 4.74 Å². The summed E-state index contributed by atoms with van der Waals surface area (Å²) in [6, 6.07) is 24.7. The van der Waals surface area contributed by atoms with Crippen molar-refractivity contribution >= 4 is 28.9 Å². The smallest absolute Gasteiger partial charge is 0.200 e. The molecule has 3 heterocycles. The van der Waals surface area contributed by atoms with Gasteiger partial charge in [-0.25, -0.2) is 5.01 Å². The van der Waals surface area contributed by atoms with Gasteiger partial charge in [0.1, 0.15) is 5.75 Å². The maximum atomic E-state index is 6.74. The van der Waals surface area contributed by atoms with Crippen molar-refractivity contribution in [3.05, 3.63) is 99.5 Å². The standard InChI is InChI=1S/C27H25Cl2N3O/c28-21-8-6-20(7-9-21)24-17-25-23-16-22(29)10-11-26(23)33-27(32(25)30-24)12-14-31(15-13-27)18-19-4-2-1-3-5-19/h1-11,16,25H,12-15,17-18H2/t25-/m1/s1. The quantitative estimate of drug-likeness (QED) is 0.429. The number of hydrogen-bond acceptors (Lipinski definition) is 4. The van der Waals surface area contributed by atoms with E-state index in [0.717, 1.165) is 71.5 Å². The minimum atomic E-state index is -0.438. The molecule has 0 saturated carbocycles. The van der Waals surface area contributed by atoms with E-state index in [-0.39, 0.29) is 6.04 Å². The Morgan fingerprint density at radius 2 is 1.64 bits per heavy atom. The van der Waals surface area contributed by atoms with Gasteiger partial charge in [0.15, 0.2) is 0 Å². The Balaban J connectivity index is 1.31. The van der Waals surface area contributed by atoms with Crippen LogP contribution in [0.15, 0.2) is 77.9 Å². The zero-order chi connectivity index (χ0) is 22.4. The molecule has 1 spiro atoms. The summed E-state index contributed by atoms with van der Waals surface area (Å²) in [5, 5.41) is 8.84. The molecule has 3 aromatic rings. The van der Waals surface area contributed by atoms with Crippen LogP contribution in [0.25, 0.3) is 0 Å². The van der Waals surface area contributed by atoms with E-state index in [9.17, 15) is 0 Å². The van der Waals surface area contributed by atoms with Crippen molar-refractivity contribution < 1.29 is 4.74 Å². The molecule has 3 aliphatic heterocycles. The highest BCUT2D eigenvalue weighted by molar-refractivity contribution is 6.31. The molecule has 3 aromatic carbocycles. The summed E-state index contributed by atoms with van der Waals surface area (Å²) < 4.78 is 6.74. The molecule has 3 aliphatic rings. The average Bonchev–Trinajstić information content (AvgIpc) is 3.29. The van der Waals surface area contributed by atoms with Crippen molar-refractivity contribution in [3.8, 4) is 5.75 Å². The number of nitrogens with zero attached hydrogens (tertiary/aromatic N) is 3. The van der Waals surface area contributed by atoms with Gasteiger partial charge in [0.25, 0.3) is 0 Å². The van der Waals surface area contributed by atoms with Gasteiger partial charge in [-0.15, -0.1) is 0 Å². The van der Waals surface area contributed by atoms with Crippen LogP contribution in [0.2, 0.25) is 10.0 Å². The lowest BCUT2D eigenvalue weighted by molar-refractivity contribution is -0.150. The highest BCUT2D eigenvalue weighted by Gasteiger charge is 2.51. The molecule has 0 amide bonds. The number of fused-ring (bicyclic) bond motifs is 4. The van der Waals surface area contributed by atoms with Crippen molar-refractivity contribution in [2.45, 2.75) is 37.6 Å². The molecular weight excluding hydrogens is 453 g/mol. The summed E-state index contributed by atoms with van der Waals surface area (Å²) in [5.41, 5.74) is 4.20. The topological polar surface area (TPSA) is 28.1 Å². The molecule has 0 N–H and O–H groups in total. The Kier molecular flexibility index (Phi) is 5.33. The first-order valence-electron chi connectivity index (χ1n) is 11.5. The number of piperidine rings is 1. The Morgan fingerprint density at radius 3 is 2.39 bits per heavy atom. The van der Waals surface area contributed by atoms with Gasteiger partial charge in [-0.3, -0.25) is 4.90 Å². The average molecular weight is 478 g/mol. The second-order valence-corrected chi connectivity index (χ2v) is 9.98. The number of benzene rings is 3. The normalized spacial score (nSPS) is 21.3. The second-order valence-electron chi connectivity index (χ2n) is 9.11.